The van der Waals surface area contributed by atoms with E-state index in [1.807, 2.05) is 30.3 Å². The molecule has 2 atom stereocenters. The van der Waals surface area contributed by atoms with Gasteiger partial charge in [-0.2, -0.15) is 0 Å². The molecule has 1 saturated carbocycles. The van der Waals surface area contributed by atoms with Gasteiger partial charge in [0, 0.05) is 12.1 Å². The van der Waals surface area contributed by atoms with Crippen LogP contribution in [0.1, 0.15) is 24.8 Å². The average Bonchev–Trinajstić information content (AvgIpc) is 2.96. The Kier molecular flexibility index (Phi) is 2.26. The molecule has 1 heterocycles. The van der Waals surface area contributed by atoms with Gasteiger partial charge in [0.2, 0.25) is 0 Å². The number of benzene rings is 1. The first-order chi connectivity index (χ1) is 8.14. The molecule has 1 aromatic carbocycles. The van der Waals surface area contributed by atoms with Gasteiger partial charge in [-0.15, -0.1) is 0 Å². The predicted octanol–water partition coefficient (Wildman–Crippen LogP) is 1.83. The number of aliphatic carboxylic acids is 1. The van der Waals surface area contributed by atoms with E-state index in [0.29, 0.717) is 6.42 Å². The van der Waals surface area contributed by atoms with Gasteiger partial charge in [-0.25, -0.2) is 0 Å². The largest absolute Gasteiger partial charge is 0.481 e. The van der Waals surface area contributed by atoms with Gasteiger partial charge in [0.05, 0.1) is 5.41 Å². The van der Waals surface area contributed by atoms with Crippen LogP contribution in [0.15, 0.2) is 30.3 Å². The Morgan fingerprint density at radius 2 is 2.00 bits per heavy atom. The zero-order valence-electron chi connectivity index (χ0n) is 9.78. The number of carbonyl (C=O) groups is 1. The summed E-state index contributed by atoms with van der Waals surface area (Å²) in [6.45, 7) is 0.997. The van der Waals surface area contributed by atoms with Gasteiger partial charge in [-0.3, -0.25) is 4.79 Å². The highest BCUT2D eigenvalue weighted by Crippen LogP contribution is 2.50. The second-order valence-corrected chi connectivity index (χ2v) is 5.56. The lowest BCUT2D eigenvalue weighted by atomic mass is 9.79. The number of nitrogens with one attached hydrogen (secondary N) is 1. The molecule has 1 aliphatic carbocycles. The fourth-order valence-electron chi connectivity index (χ4n) is 3.13. The lowest BCUT2D eigenvalue weighted by Gasteiger charge is -2.24. The summed E-state index contributed by atoms with van der Waals surface area (Å²) in [5.74, 6) is -0.632. The van der Waals surface area contributed by atoms with Crippen LogP contribution in [0.25, 0.3) is 0 Å². The second-order valence-electron chi connectivity index (χ2n) is 5.56. The number of carboxylic acid groups (broad SMARTS) is 1. The molecule has 3 nitrogen and oxygen atoms in total. The van der Waals surface area contributed by atoms with Crippen molar-refractivity contribution in [2.24, 2.45) is 5.41 Å². The van der Waals surface area contributed by atoms with E-state index in [4.69, 9.17) is 0 Å². The molecule has 3 rings (SSSR count). The van der Waals surface area contributed by atoms with Crippen molar-refractivity contribution in [3.8, 4) is 0 Å². The predicted molar refractivity (Wildman–Crippen MR) is 64.8 cm³/mol. The Balaban J connectivity index is 1.84. The fourth-order valence-corrected chi connectivity index (χ4v) is 3.13. The molecule has 0 aromatic heterocycles. The minimum absolute atomic E-state index is 0.160. The van der Waals surface area contributed by atoms with E-state index in [2.05, 4.69) is 5.32 Å². The molecule has 2 aliphatic rings. The Morgan fingerprint density at radius 1 is 1.29 bits per heavy atom. The van der Waals surface area contributed by atoms with Crippen LogP contribution in [-0.4, -0.2) is 23.2 Å². The molecule has 90 valence electrons. The lowest BCUT2D eigenvalue weighted by molar-refractivity contribution is -0.148. The zero-order chi connectivity index (χ0) is 11.9. The zero-order valence-corrected chi connectivity index (χ0v) is 9.78. The molecular weight excluding hydrogens is 214 g/mol. The molecule has 1 saturated heterocycles. The maximum atomic E-state index is 11.6. The fraction of sp³-hybridized carbons (Fsp3) is 0.500. The van der Waals surface area contributed by atoms with E-state index in [9.17, 15) is 9.90 Å². The molecular formula is C14H17NO2. The highest BCUT2D eigenvalue weighted by atomic mass is 16.4. The van der Waals surface area contributed by atoms with Crippen molar-refractivity contribution < 1.29 is 9.90 Å². The maximum Gasteiger partial charge on any atom is 0.310 e. The summed E-state index contributed by atoms with van der Waals surface area (Å²) in [5.41, 5.74) is 0.741. The minimum atomic E-state index is -0.632. The van der Waals surface area contributed by atoms with Crippen LogP contribution in [-0.2, 0) is 11.2 Å². The third-order valence-electron chi connectivity index (χ3n) is 4.27. The van der Waals surface area contributed by atoms with Crippen molar-refractivity contribution in [2.75, 3.05) is 6.54 Å². The normalized spacial score (nSPS) is 35.1. The summed E-state index contributed by atoms with van der Waals surface area (Å²) >= 11 is 0. The SMILES string of the molecule is O=C(O)C1(Cc2ccccc2)CCC2(CN2)C1. The summed E-state index contributed by atoms with van der Waals surface area (Å²) < 4.78 is 0. The van der Waals surface area contributed by atoms with Crippen LogP contribution in [0.3, 0.4) is 0 Å². The molecule has 1 aromatic rings. The molecule has 0 radical (unpaired) electrons. The first-order valence-electron chi connectivity index (χ1n) is 6.17. The van der Waals surface area contributed by atoms with Crippen molar-refractivity contribution >= 4 is 5.97 Å². The van der Waals surface area contributed by atoms with E-state index in [0.717, 1.165) is 31.4 Å². The molecule has 0 bridgehead atoms. The number of carboxylic acids is 1. The number of rotatable bonds is 3. The Bertz CT molecular complexity index is 439. The summed E-state index contributed by atoms with van der Waals surface area (Å²) in [7, 11) is 0. The van der Waals surface area contributed by atoms with Crippen LogP contribution >= 0.6 is 0 Å². The molecule has 1 aliphatic heterocycles. The van der Waals surface area contributed by atoms with Crippen LogP contribution < -0.4 is 5.32 Å². The molecule has 0 amide bonds. The molecule has 2 fully saturated rings. The number of hydrogen-bond donors (Lipinski definition) is 2. The molecule has 2 unspecified atom stereocenters. The van der Waals surface area contributed by atoms with Crippen molar-refractivity contribution in [1.82, 2.24) is 5.32 Å². The topological polar surface area (TPSA) is 59.2 Å². The smallest absolute Gasteiger partial charge is 0.310 e. The van der Waals surface area contributed by atoms with Gasteiger partial charge < -0.3 is 10.4 Å². The van der Waals surface area contributed by atoms with E-state index < -0.39 is 11.4 Å². The third-order valence-corrected chi connectivity index (χ3v) is 4.27. The quantitative estimate of drug-likeness (QED) is 0.780. The van der Waals surface area contributed by atoms with Crippen LogP contribution in [0.2, 0.25) is 0 Å². The van der Waals surface area contributed by atoms with Gasteiger partial charge in [0.25, 0.3) is 0 Å². The van der Waals surface area contributed by atoms with E-state index in [1.54, 1.807) is 0 Å². The molecule has 1 spiro atoms. The van der Waals surface area contributed by atoms with Gasteiger partial charge >= 0.3 is 5.97 Å². The van der Waals surface area contributed by atoms with Gasteiger partial charge in [0.15, 0.2) is 0 Å². The highest BCUT2D eigenvalue weighted by Gasteiger charge is 2.57. The van der Waals surface area contributed by atoms with Crippen molar-refractivity contribution in [1.29, 1.82) is 0 Å². The Labute approximate surface area is 101 Å². The highest BCUT2D eigenvalue weighted by molar-refractivity contribution is 5.76. The minimum Gasteiger partial charge on any atom is -0.481 e. The Morgan fingerprint density at radius 3 is 2.53 bits per heavy atom. The summed E-state index contributed by atoms with van der Waals surface area (Å²) in [6, 6.07) is 9.97. The third kappa shape index (κ3) is 1.84. The summed E-state index contributed by atoms with van der Waals surface area (Å²) in [6.07, 6.45) is 3.24. The Hall–Kier alpha value is -1.35. The van der Waals surface area contributed by atoms with Gasteiger partial charge in [-0.05, 0) is 31.2 Å². The maximum absolute atomic E-state index is 11.6. The van der Waals surface area contributed by atoms with Crippen LogP contribution in [0.5, 0.6) is 0 Å². The average molecular weight is 231 g/mol. The second kappa shape index (κ2) is 3.57. The van der Waals surface area contributed by atoms with Crippen molar-refractivity contribution in [3.05, 3.63) is 35.9 Å². The monoisotopic (exact) mass is 231 g/mol. The van der Waals surface area contributed by atoms with Gasteiger partial charge in [-0.1, -0.05) is 30.3 Å². The van der Waals surface area contributed by atoms with E-state index >= 15 is 0 Å². The van der Waals surface area contributed by atoms with E-state index in [-0.39, 0.29) is 5.54 Å². The lowest BCUT2D eigenvalue weighted by Crippen LogP contribution is -2.32. The summed E-state index contributed by atoms with van der Waals surface area (Å²) in [4.78, 5) is 11.6. The summed E-state index contributed by atoms with van der Waals surface area (Å²) in [5, 5.41) is 12.9. The number of hydrogen-bond acceptors (Lipinski definition) is 2. The first-order valence-corrected chi connectivity index (χ1v) is 6.17. The van der Waals surface area contributed by atoms with Gasteiger partial charge in [0.1, 0.15) is 0 Å². The van der Waals surface area contributed by atoms with Crippen LogP contribution in [0.4, 0.5) is 0 Å². The van der Waals surface area contributed by atoms with Crippen LogP contribution in [0, 0.1) is 5.41 Å². The van der Waals surface area contributed by atoms with E-state index in [1.165, 1.54) is 0 Å². The first kappa shape index (κ1) is 10.8. The molecule has 2 N–H and O–H groups in total. The van der Waals surface area contributed by atoms with Crippen molar-refractivity contribution in [3.63, 3.8) is 0 Å². The molecule has 3 heteroatoms. The van der Waals surface area contributed by atoms with Crippen molar-refractivity contribution in [2.45, 2.75) is 31.2 Å². The molecule has 17 heavy (non-hydrogen) atoms. The standard InChI is InChI=1S/C14H17NO2/c16-12(17)13(6-7-14(9-13)10-15-14)8-11-4-2-1-3-5-11/h1-5,15H,6-10H2,(H,16,17).